The van der Waals surface area contributed by atoms with Crippen molar-refractivity contribution in [1.82, 2.24) is 14.9 Å². The molecule has 3 heterocycles. The standard InChI is InChI=1S/C33H32FN3O3/c1-3-20-15-27-21(16-31(20)40-2)11-12-37-30(27)17-28(32(37)22-7-6-8-24(34)13-22)33(39)36-25(19-38)14-23-18-35-29-10-5-4-9-26(23)29/h4-10,13,15-18,25,35,38H,3,11-12,14,19H2,1-2H3,(H,36,39)/t25-/m1/s1. The topological polar surface area (TPSA) is 79.3 Å². The van der Waals surface area contributed by atoms with Crippen molar-refractivity contribution in [1.29, 1.82) is 0 Å². The first-order valence-corrected chi connectivity index (χ1v) is 13.7. The van der Waals surface area contributed by atoms with Gasteiger partial charge in [0.15, 0.2) is 0 Å². The summed E-state index contributed by atoms with van der Waals surface area (Å²) >= 11 is 0. The summed E-state index contributed by atoms with van der Waals surface area (Å²) in [5, 5.41) is 14.3. The van der Waals surface area contributed by atoms with E-state index in [9.17, 15) is 14.3 Å². The second kappa shape index (κ2) is 10.7. The van der Waals surface area contributed by atoms with Crippen molar-refractivity contribution in [2.45, 2.75) is 38.8 Å². The Morgan fingerprint density at radius 2 is 1.98 bits per heavy atom. The molecule has 1 aliphatic rings. The van der Waals surface area contributed by atoms with E-state index in [0.717, 1.165) is 57.4 Å². The molecule has 204 valence electrons. The molecule has 0 bridgehead atoms. The van der Waals surface area contributed by atoms with Crippen LogP contribution in [0.4, 0.5) is 4.39 Å². The first kappa shape index (κ1) is 25.9. The van der Waals surface area contributed by atoms with E-state index in [4.69, 9.17) is 4.74 Å². The fraction of sp³-hybridized carbons (Fsp3) is 0.242. The predicted molar refractivity (Wildman–Crippen MR) is 155 cm³/mol. The maximum atomic E-state index is 14.4. The Bertz CT molecular complexity index is 1720. The number of ether oxygens (including phenoxy) is 1. The molecule has 0 spiro atoms. The first-order chi connectivity index (χ1) is 19.5. The molecule has 3 aromatic carbocycles. The number of hydrogen-bond acceptors (Lipinski definition) is 3. The van der Waals surface area contributed by atoms with E-state index in [-0.39, 0.29) is 18.3 Å². The molecule has 7 heteroatoms. The highest BCUT2D eigenvalue weighted by molar-refractivity contribution is 6.02. The Labute approximate surface area is 232 Å². The number of methoxy groups -OCH3 is 1. The maximum absolute atomic E-state index is 14.4. The zero-order valence-electron chi connectivity index (χ0n) is 22.6. The van der Waals surface area contributed by atoms with Crippen molar-refractivity contribution < 1.29 is 19.0 Å². The number of para-hydroxylation sites is 1. The second-order valence-electron chi connectivity index (χ2n) is 10.3. The third-order valence-electron chi connectivity index (χ3n) is 7.90. The number of nitrogens with zero attached hydrogens (tertiary/aromatic N) is 1. The highest BCUT2D eigenvalue weighted by Crippen LogP contribution is 2.40. The molecule has 1 aliphatic heterocycles. The van der Waals surface area contributed by atoms with Gasteiger partial charge in [-0.3, -0.25) is 4.79 Å². The quantitative estimate of drug-likeness (QED) is 0.231. The summed E-state index contributed by atoms with van der Waals surface area (Å²) in [6.45, 7) is 2.53. The lowest BCUT2D eigenvalue weighted by Gasteiger charge is -2.23. The summed E-state index contributed by atoms with van der Waals surface area (Å²) in [4.78, 5) is 17.1. The molecular formula is C33H32FN3O3. The van der Waals surface area contributed by atoms with Gasteiger partial charge >= 0.3 is 0 Å². The van der Waals surface area contributed by atoms with Crippen LogP contribution in [0.25, 0.3) is 33.4 Å². The highest BCUT2D eigenvalue weighted by Gasteiger charge is 2.28. The smallest absolute Gasteiger partial charge is 0.253 e. The van der Waals surface area contributed by atoms with Crippen LogP contribution in [0.5, 0.6) is 5.75 Å². The zero-order chi connectivity index (χ0) is 27.8. The van der Waals surface area contributed by atoms with Gasteiger partial charge in [-0.05, 0) is 72.4 Å². The van der Waals surface area contributed by atoms with E-state index in [1.165, 1.54) is 12.1 Å². The number of nitrogens with one attached hydrogen (secondary N) is 2. The number of H-pyrrole nitrogens is 1. The zero-order valence-corrected chi connectivity index (χ0v) is 22.6. The van der Waals surface area contributed by atoms with E-state index in [2.05, 4.69) is 33.9 Å². The minimum Gasteiger partial charge on any atom is -0.496 e. The fourth-order valence-corrected chi connectivity index (χ4v) is 5.93. The molecule has 0 aliphatic carbocycles. The number of aromatic nitrogens is 2. The molecule has 6 rings (SSSR count). The number of halogens is 1. The van der Waals surface area contributed by atoms with Gasteiger partial charge in [0.25, 0.3) is 5.91 Å². The highest BCUT2D eigenvalue weighted by atomic mass is 19.1. The van der Waals surface area contributed by atoms with E-state index in [0.29, 0.717) is 29.8 Å². The average molecular weight is 538 g/mol. The van der Waals surface area contributed by atoms with Crippen molar-refractivity contribution in [3.8, 4) is 28.3 Å². The fourth-order valence-electron chi connectivity index (χ4n) is 5.93. The van der Waals surface area contributed by atoms with Gasteiger partial charge in [-0.25, -0.2) is 4.39 Å². The molecule has 0 radical (unpaired) electrons. The van der Waals surface area contributed by atoms with Gasteiger partial charge in [0.05, 0.1) is 31.0 Å². The number of aryl methyl sites for hydroxylation is 2. The molecule has 6 nitrogen and oxygen atoms in total. The summed E-state index contributed by atoms with van der Waals surface area (Å²) in [6, 6.07) is 20.0. The van der Waals surface area contributed by atoms with Gasteiger partial charge in [0, 0.05) is 40.5 Å². The third-order valence-corrected chi connectivity index (χ3v) is 7.90. The minimum atomic E-state index is -0.493. The predicted octanol–water partition coefficient (Wildman–Crippen LogP) is 5.90. The van der Waals surface area contributed by atoms with Crippen LogP contribution in [-0.2, 0) is 25.8 Å². The number of aliphatic hydroxyl groups is 1. The number of fused-ring (bicyclic) bond motifs is 4. The molecule has 0 saturated heterocycles. The lowest BCUT2D eigenvalue weighted by molar-refractivity contribution is 0.0917. The van der Waals surface area contributed by atoms with Gasteiger partial charge in [0.2, 0.25) is 0 Å². The number of aliphatic hydroxyl groups excluding tert-OH is 1. The molecule has 0 saturated carbocycles. The number of rotatable bonds is 8. The summed E-state index contributed by atoms with van der Waals surface area (Å²) in [5.41, 5.74) is 8.02. The molecule has 1 amide bonds. The molecule has 40 heavy (non-hydrogen) atoms. The number of amides is 1. The first-order valence-electron chi connectivity index (χ1n) is 13.7. The summed E-state index contributed by atoms with van der Waals surface area (Å²) in [6.07, 6.45) is 3.97. The minimum absolute atomic E-state index is 0.212. The van der Waals surface area contributed by atoms with Gasteiger partial charge in [-0.15, -0.1) is 0 Å². The van der Waals surface area contributed by atoms with Gasteiger partial charge in [0.1, 0.15) is 11.6 Å². The van der Waals surface area contributed by atoms with Crippen molar-refractivity contribution in [2.75, 3.05) is 13.7 Å². The van der Waals surface area contributed by atoms with Gasteiger partial charge < -0.3 is 24.7 Å². The monoisotopic (exact) mass is 537 g/mol. The number of carbonyl (C=O) groups excluding carboxylic acids is 1. The largest absolute Gasteiger partial charge is 0.496 e. The Morgan fingerprint density at radius 1 is 1.12 bits per heavy atom. The molecule has 0 fully saturated rings. The van der Waals surface area contributed by atoms with E-state index in [1.54, 1.807) is 13.2 Å². The summed E-state index contributed by atoms with van der Waals surface area (Å²) < 4.78 is 22.1. The normalized spacial score (nSPS) is 13.1. The van der Waals surface area contributed by atoms with Gasteiger partial charge in [-0.2, -0.15) is 0 Å². The van der Waals surface area contributed by atoms with Crippen LogP contribution < -0.4 is 10.1 Å². The molecule has 3 N–H and O–H groups in total. The Hall–Kier alpha value is -4.36. The van der Waals surface area contributed by atoms with Crippen molar-refractivity contribution in [2.24, 2.45) is 0 Å². The second-order valence-corrected chi connectivity index (χ2v) is 10.3. The third kappa shape index (κ3) is 4.56. The number of hydrogen-bond donors (Lipinski definition) is 3. The molecule has 5 aromatic rings. The summed E-state index contributed by atoms with van der Waals surface area (Å²) in [5.74, 6) is 0.208. The van der Waals surface area contributed by atoms with Gasteiger partial charge in [-0.1, -0.05) is 37.3 Å². The van der Waals surface area contributed by atoms with E-state index in [1.807, 2.05) is 42.6 Å². The number of benzene rings is 3. The molecule has 0 unspecified atom stereocenters. The van der Waals surface area contributed by atoms with Crippen LogP contribution >= 0.6 is 0 Å². The number of aromatic amines is 1. The lowest BCUT2D eigenvalue weighted by Crippen LogP contribution is -2.39. The SMILES string of the molecule is CCc1cc2c(cc1OC)CCn1c-2cc(C(=O)N[C@@H](CO)Cc2c[nH]c3ccccc23)c1-c1cccc(F)c1. The van der Waals surface area contributed by atoms with Crippen LogP contribution in [0.1, 0.15) is 34.0 Å². The van der Waals surface area contributed by atoms with Crippen LogP contribution in [-0.4, -0.2) is 40.3 Å². The summed E-state index contributed by atoms with van der Waals surface area (Å²) in [7, 11) is 1.69. The van der Waals surface area contributed by atoms with Crippen LogP contribution in [0.3, 0.4) is 0 Å². The average Bonchev–Trinajstić information content (AvgIpc) is 3.58. The van der Waals surface area contributed by atoms with Crippen LogP contribution in [0.2, 0.25) is 0 Å². The van der Waals surface area contributed by atoms with Crippen LogP contribution in [0, 0.1) is 5.82 Å². The molecule has 2 aromatic heterocycles. The molecule has 1 atom stereocenters. The molecular weight excluding hydrogens is 505 g/mol. The van der Waals surface area contributed by atoms with Crippen LogP contribution in [0.15, 0.2) is 72.9 Å². The Balaban J connectivity index is 1.41. The van der Waals surface area contributed by atoms with E-state index >= 15 is 0 Å². The van der Waals surface area contributed by atoms with Crippen molar-refractivity contribution in [3.05, 3.63) is 101 Å². The van der Waals surface area contributed by atoms with E-state index < -0.39 is 6.04 Å². The maximum Gasteiger partial charge on any atom is 0.253 e. The Morgan fingerprint density at radius 3 is 2.75 bits per heavy atom. The van der Waals surface area contributed by atoms with Crippen molar-refractivity contribution >= 4 is 16.8 Å². The van der Waals surface area contributed by atoms with Crippen molar-refractivity contribution in [3.63, 3.8) is 0 Å². The lowest BCUT2D eigenvalue weighted by atomic mass is 9.94. The Kier molecular flexibility index (Phi) is 6.90. The number of carbonyl (C=O) groups is 1.